The molecule has 0 spiro atoms. The van der Waals surface area contributed by atoms with Gasteiger partial charge >= 0.3 is 0 Å². The molecule has 1 fully saturated rings. The van der Waals surface area contributed by atoms with Gasteiger partial charge in [-0.15, -0.1) is 17.5 Å². The summed E-state index contributed by atoms with van der Waals surface area (Å²) >= 11 is 0. The predicted octanol–water partition coefficient (Wildman–Crippen LogP) is 1.31. The molecule has 0 unspecified atom stereocenters. The van der Waals surface area contributed by atoms with Crippen LogP contribution in [0, 0.1) is 5.92 Å². The minimum Gasteiger partial charge on any atom is -0.337 e. The summed E-state index contributed by atoms with van der Waals surface area (Å²) in [6, 6.07) is 0.228. The first-order valence-corrected chi connectivity index (χ1v) is 7.01. The van der Waals surface area contributed by atoms with Gasteiger partial charge in [0.2, 0.25) is 0 Å². The molecule has 2 N–H and O–H groups in total. The number of carbonyl (C=O) groups excluding carboxylic acids is 1. The van der Waals surface area contributed by atoms with E-state index in [9.17, 15) is 4.79 Å². The normalized spacial score (nSPS) is 16.3. The summed E-state index contributed by atoms with van der Waals surface area (Å²) in [5.74, 6) is 0.592. The quantitative estimate of drug-likeness (QED) is 0.909. The number of amides is 1. The Morgan fingerprint density at radius 3 is 2.70 bits per heavy atom. The van der Waals surface area contributed by atoms with Gasteiger partial charge < -0.3 is 10.6 Å². The van der Waals surface area contributed by atoms with Gasteiger partial charge in [0.25, 0.3) is 5.91 Å². The first kappa shape index (κ1) is 16.9. The fourth-order valence-corrected chi connectivity index (χ4v) is 2.16. The van der Waals surface area contributed by atoms with E-state index in [-0.39, 0.29) is 24.4 Å². The highest BCUT2D eigenvalue weighted by Gasteiger charge is 2.23. The van der Waals surface area contributed by atoms with Gasteiger partial charge in [-0.2, -0.15) is 0 Å². The van der Waals surface area contributed by atoms with Crippen molar-refractivity contribution in [2.75, 3.05) is 13.1 Å². The number of halogens is 1. The molecule has 0 aromatic carbocycles. The van der Waals surface area contributed by atoms with Crippen molar-refractivity contribution in [2.24, 2.45) is 11.7 Å². The molecule has 0 bridgehead atoms. The Morgan fingerprint density at radius 2 is 2.10 bits per heavy atom. The van der Waals surface area contributed by atoms with Crippen molar-refractivity contribution in [2.45, 2.75) is 45.7 Å². The van der Waals surface area contributed by atoms with E-state index >= 15 is 0 Å². The maximum atomic E-state index is 12.2. The Morgan fingerprint density at radius 1 is 1.45 bits per heavy atom. The molecule has 0 aliphatic carbocycles. The second-order valence-electron chi connectivity index (χ2n) is 5.68. The summed E-state index contributed by atoms with van der Waals surface area (Å²) in [7, 11) is 0. The van der Waals surface area contributed by atoms with E-state index < -0.39 is 0 Å². The molecule has 2 rings (SSSR count). The second-order valence-corrected chi connectivity index (χ2v) is 5.68. The number of likely N-dealkylation sites (tertiary alicyclic amines) is 1. The lowest BCUT2D eigenvalue weighted by Gasteiger charge is -2.29. The molecule has 1 amide bonds. The standard InChI is InChI=1S/C13H23N5O.ClH/c1-10(2)3-8-18-9-12(15-16-18)13(19)17-6-4-11(14)5-7-17;/h9-11H,3-8,14H2,1-2H3;1H. The molecule has 20 heavy (non-hydrogen) atoms. The summed E-state index contributed by atoms with van der Waals surface area (Å²) in [5.41, 5.74) is 6.28. The highest BCUT2D eigenvalue weighted by atomic mass is 35.5. The van der Waals surface area contributed by atoms with Crippen LogP contribution in [0.1, 0.15) is 43.6 Å². The highest BCUT2D eigenvalue weighted by Crippen LogP contribution is 2.11. The SMILES string of the molecule is CC(C)CCn1cc(C(=O)N2CCC(N)CC2)nn1.Cl. The Balaban J connectivity index is 0.00000200. The minimum absolute atomic E-state index is 0. The van der Waals surface area contributed by atoms with E-state index in [1.165, 1.54) is 0 Å². The summed E-state index contributed by atoms with van der Waals surface area (Å²) < 4.78 is 1.75. The van der Waals surface area contributed by atoms with Crippen LogP contribution in [0.25, 0.3) is 0 Å². The maximum Gasteiger partial charge on any atom is 0.276 e. The zero-order valence-electron chi connectivity index (χ0n) is 12.2. The molecule has 6 nitrogen and oxygen atoms in total. The number of rotatable bonds is 4. The zero-order chi connectivity index (χ0) is 13.8. The number of aryl methyl sites for hydroxylation is 1. The van der Waals surface area contributed by atoms with Crippen LogP contribution in [0.5, 0.6) is 0 Å². The van der Waals surface area contributed by atoms with Crippen LogP contribution in [0.2, 0.25) is 0 Å². The fraction of sp³-hybridized carbons (Fsp3) is 0.769. The average molecular weight is 302 g/mol. The van der Waals surface area contributed by atoms with E-state index in [0.29, 0.717) is 11.6 Å². The third-order valence-electron chi connectivity index (χ3n) is 3.52. The van der Waals surface area contributed by atoms with Crippen LogP contribution in [-0.2, 0) is 6.54 Å². The number of aromatic nitrogens is 3. The number of nitrogens with two attached hydrogens (primary N) is 1. The second kappa shape index (κ2) is 7.59. The molecular weight excluding hydrogens is 278 g/mol. The number of piperidine rings is 1. The fourth-order valence-electron chi connectivity index (χ4n) is 2.16. The van der Waals surface area contributed by atoms with Crippen molar-refractivity contribution in [3.8, 4) is 0 Å². The number of hydrogen-bond acceptors (Lipinski definition) is 4. The number of carbonyl (C=O) groups is 1. The molecule has 0 saturated carbocycles. The van der Waals surface area contributed by atoms with Crippen molar-refractivity contribution in [1.29, 1.82) is 0 Å². The average Bonchev–Trinajstić information content (AvgIpc) is 2.85. The third-order valence-corrected chi connectivity index (χ3v) is 3.52. The molecule has 7 heteroatoms. The van der Waals surface area contributed by atoms with Gasteiger partial charge in [0.1, 0.15) is 0 Å². The molecule has 0 radical (unpaired) electrons. The molecular formula is C13H24ClN5O. The maximum absolute atomic E-state index is 12.2. The molecule has 2 heterocycles. The molecule has 1 aliphatic heterocycles. The predicted molar refractivity (Wildman–Crippen MR) is 79.8 cm³/mol. The Labute approximate surface area is 126 Å². The van der Waals surface area contributed by atoms with Crippen LogP contribution in [-0.4, -0.2) is 44.9 Å². The van der Waals surface area contributed by atoms with Crippen LogP contribution in [0.4, 0.5) is 0 Å². The smallest absolute Gasteiger partial charge is 0.276 e. The van der Waals surface area contributed by atoms with Crippen LogP contribution < -0.4 is 5.73 Å². The summed E-state index contributed by atoms with van der Waals surface area (Å²) in [6.07, 6.45) is 4.52. The van der Waals surface area contributed by atoms with Gasteiger partial charge in [0.15, 0.2) is 5.69 Å². The summed E-state index contributed by atoms with van der Waals surface area (Å²) in [4.78, 5) is 14.0. The first-order valence-electron chi connectivity index (χ1n) is 7.01. The Kier molecular flexibility index (Phi) is 6.42. The Bertz CT molecular complexity index is 426. The first-order chi connectivity index (χ1) is 9.06. The number of nitrogens with zero attached hydrogens (tertiary/aromatic N) is 4. The third kappa shape index (κ3) is 4.45. The lowest BCUT2D eigenvalue weighted by molar-refractivity contribution is 0.0708. The molecule has 0 atom stereocenters. The largest absolute Gasteiger partial charge is 0.337 e. The van der Waals surface area contributed by atoms with E-state index in [1.807, 2.05) is 4.90 Å². The van der Waals surface area contributed by atoms with Crippen LogP contribution >= 0.6 is 12.4 Å². The van der Waals surface area contributed by atoms with E-state index in [0.717, 1.165) is 38.9 Å². The molecule has 1 aliphatic rings. The van der Waals surface area contributed by atoms with Gasteiger partial charge in [-0.1, -0.05) is 19.1 Å². The van der Waals surface area contributed by atoms with Gasteiger partial charge in [0, 0.05) is 25.7 Å². The molecule has 1 aromatic heterocycles. The van der Waals surface area contributed by atoms with Crippen LogP contribution in [0.15, 0.2) is 6.20 Å². The lowest BCUT2D eigenvalue weighted by atomic mass is 10.1. The minimum atomic E-state index is -0.0253. The summed E-state index contributed by atoms with van der Waals surface area (Å²) in [6.45, 7) is 6.58. The van der Waals surface area contributed by atoms with Gasteiger partial charge in [-0.25, -0.2) is 0 Å². The topological polar surface area (TPSA) is 77.0 Å². The van der Waals surface area contributed by atoms with Crippen molar-refractivity contribution < 1.29 is 4.79 Å². The lowest BCUT2D eigenvalue weighted by Crippen LogP contribution is -2.43. The highest BCUT2D eigenvalue weighted by molar-refractivity contribution is 5.92. The van der Waals surface area contributed by atoms with Crippen molar-refractivity contribution in [3.63, 3.8) is 0 Å². The van der Waals surface area contributed by atoms with Crippen molar-refractivity contribution in [3.05, 3.63) is 11.9 Å². The van der Waals surface area contributed by atoms with Gasteiger partial charge in [-0.3, -0.25) is 9.48 Å². The van der Waals surface area contributed by atoms with Gasteiger partial charge in [-0.05, 0) is 25.2 Å². The molecule has 1 saturated heterocycles. The molecule has 114 valence electrons. The van der Waals surface area contributed by atoms with Crippen molar-refractivity contribution in [1.82, 2.24) is 19.9 Å². The summed E-state index contributed by atoms with van der Waals surface area (Å²) in [5, 5.41) is 7.99. The van der Waals surface area contributed by atoms with E-state index in [4.69, 9.17) is 5.73 Å². The van der Waals surface area contributed by atoms with Crippen LogP contribution in [0.3, 0.4) is 0 Å². The zero-order valence-corrected chi connectivity index (χ0v) is 13.0. The van der Waals surface area contributed by atoms with E-state index in [1.54, 1.807) is 10.9 Å². The number of hydrogen-bond donors (Lipinski definition) is 1. The van der Waals surface area contributed by atoms with E-state index in [2.05, 4.69) is 24.2 Å². The molecule has 1 aromatic rings. The monoisotopic (exact) mass is 301 g/mol. The Hall–Kier alpha value is -1.14. The van der Waals surface area contributed by atoms with Gasteiger partial charge in [0.05, 0.1) is 6.20 Å². The van der Waals surface area contributed by atoms with Crippen molar-refractivity contribution >= 4 is 18.3 Å².